The number of nitrogens with two attached hydrogens (primary N) is 1. The number of unbranched alkanes of at least 4 members (excludes halogenated alkanes) is 1. The number of nitrogens with one attached hydrogen (secondary N) is 1. The topological polar surface area (TPSA) is 56.9 Å². The van der Waals surface area contributed by atoms with E-state index in [2.05, 4.69) is 65.1 Å². The first kappa shape index (κ1) is 24.0. The van der Waals surface area contributed by atoms with E-state index in [4.69, 9.17) is 5.73 Å². The summed E-state index contributed by atoms with van der Waals surface area (Å²) in [4.78, 5) is 9.49. The van der Waals surface area contributed by atoms with Gasteiger partial charge in [0.15, 0.2) is 5.96 Å². The van der Waals surface area contributed by atoms with Crippen LogP contribution in [-0.4, -0.2) is 56.7 Å². The second-order valence-electron chi connectivity index (χ2n) is 7.75. The standard InChI is InChI=1S/C21H37N5.HI/c1-18(2)9-11-24-21(22)23-10-4-5-12-25-13-15-26(16-14-25)20-8-6-7-19(3)17-20;/h6-8,17-18H,4-5,9-16H2,1-3H3,(H3,22,23,24);1H. The van der Waals surface area contributed by atoms with Crippen LogP contribution in [0.3, 0.4) is 0 Å². The van der Waals surface area contributed by atoms with Crippen molar-refractivity contribution in [3.63, 3.8) is 0 Å². The quantitative estimate of drug-likeness (QED) is 0.243. The van der Waals surface area contributed by atoms with Crippen molar-refractivity contribution in [2.45, 2.75) is 40.0 Å². The first-order valence-corrected chi connectivity index (χ1v) is 10.1. The van der Waals surface area contributed by atoms with E-state index >= 15 is 0 Å². The number of rotatable bonds is 9. The molecule has 3 N–H and O–H groups in total. The van der Waals surface area contributed by atoms with Gasteiger partial charge in [-0.15, -0.1) is 24.0 Å². The molecule has 0 radical (unpaired) electrons. The maximum Gasteiger partial charge on any atom is 0.188 e. The molecule has 1 saturated heterocycles. The monoisotopic (exact) mass is 487 g/mol. The van der Waals surface area contributed by atoms with E-state index in [1.807, 2.05) is 0 Å². The Morgan fingerprint density at radius 3 is 2.59 bits per heavy atom. The average molecular weight is 487 g/mol. The minimum absolute atomic E-state index is 0. The molecule has 0 atom stereocenters. The van der Waals surface area contributed by atoms with Crippen molar-refractivity contribution >= 4 is 35.6 Å². The van der Waals surface area contributed by atoms with E-state index in [9.17, 15) is 0 Å². The highest BCUT2D eigenvalue weighted by molar-refractivity contribution is 14.0. The fraction of sp³-hybridized carbons (Fsp3) is 0.667. The number of nitrogens with zero attached hydrogens (tertiary/aromatic N) is 3. The van der Waals surface area contributed by atoms with E-state index in [-0.39, 0.29) is 24.0 Å². The number of aliphatic imine (C=N–C) groups is 1. The van der Waals surface area contributed by atoms with Crippen molar-refractivity contribution in [1.82, 2.24) is 10.2 Å². The van der Waals surface area contributed by atoms with Gasteiger partial charge in [-0.05, 0) is 56.3 Å². The van der Waals surface area contributed by atoms with E-state index in [0.717, 1.165) is 58.7 Å². The number of piperazine rings is 1. The van der Waals surface area contributed by atoms with E-state index < -0.39 is 0 Å². The number of hydrogen-bond donors (Lipinski definition) is 2. The molecule has 1 aromatic carbocycles. The number of benzene rings is 1. The van der Waals surface area contributed by atoms with Crippen LogP contribution < -0.4 is 16.0 Å². The number of guanidine groups is 1. The first-order chi connectivity index (χ1) is 12.5. The Bertz CT molecular complexity index is 553. The maximum absolute atomic E-state index is 5.89. The molecule has 1 aromatic rings. The SMILES string of the molecule is Cc1cccc(N2CCN(CCCCN=C(N)NCCC(C)C)CC2)c1.I. The van der Waals surface area contributed by atoms with Gasteiger partial charge in [-0.2, -0.15) is 0 Å². The lowest BCUT2D eigenvalue weighted by Crippen LogP contribution is -2.46. The minimum atomic E-state index is 0. The van der Waals surface area contributed by atoms with E-state index in [0.29, 0.717) is 11.9 Å². The van der Waals surface area contributed by atoms with Gasteiger partial charge in [0.1, 0.15) is 0 Å². The molecule has 0 aromatic heterocycles. The van der Waals surface area contributed by atoms with Gasteiger partial charge in [0.25, 0.3) is 0 Å². The highest BCUT2D eigenvalue weighted by Gasteiger charge is 2.16. The molecule has 1 fully saturated rings. The summed E-state index contributed by atoms with van der Waals surface area (Å²) in [6.45, 7) is 14.0. The fourth-order valence-electron chi connectivity index (χ4n) is 3.25. The predicted molar refractivity (Wildman–Crippen MR) is 128 cm³/mol. The third-order valence-electron chi connectivity index (χ3n) is 4.93. The molecule has 154 valence electrons. The Hall–Kier alpha value is -1.02. The average Bonchev–Trinajstić information content (AvgIpc) is 2.61. The summed E-state index contributed by atoms with van der Waals surface area (Å²) in [6.07, 6.45) is 3.42. The summed E-state index contributed by atoms with van der Waals surface area (Å²) in [5, 5.41) is 3.19. The molecule has 0 aliphatic carbocycles. The van der Waals surface area contributed by atoms with Gasteiger partial charge in [0.05, 0.1) is 0 Å². The van der Waals surface area contributed by atoms with Crippen molar-refractivity contribution in [3.05, 3.63) is 29.8 Å². The molecule has 2 rings (SSSR count). The Morgan fingerprint density at radius 1 is 1.19 bits per heavy atom. The zero-order chi connectivity index (χ0) is 18.8. The van der Waals surface area contributed by atoms with E-state index in [1.165, 1.54) is 17.7 Å². The Morgan fingerprint density at radius 2 is 1.93 bits per heavy atom. The molecular formula is C21H38IN5. The van der Waals surface area contributed by atoms with Crippen LogP contribution in [-0.2, 0) is 0 Å². The second-order valence-corrected chi connectivity index (χ2v) is 7.75. The Kier molecular flexibility index (Phi) is 11.7. The van der Waals surface area contributed by atoms with Crippen LogP contribution >= 0.6 is 24.0 Å². The lowest BCUT2D eigenvalue weighted by Gasteiger charge is -2.36. The van der Waals surface area contributed by atoms with Crippen molar-refractivity contribution in [2.24, 2.45) is 16.6 Å². The zero-order valence-electron chi connectivity index (χ0n) is 17.3. The normalized spacial score (nSPS) is 15.7. The molecule has 6 heteroatoms. The van der Waals surface area contributed by atoms with Gasteiger partial charge in [-0.25, -0.2) is 0 Å². The van der Waals surface area contributed by atoms with Gasteiger partial charge in [0, 0.05) is 45.0 Å². The molecule has 0 saturated carbocycles. The molecule has 1 aliphatic heterocycles. The summed E-state index contributed by atoms with van der Waals surface area (Å²) in [5.41, 5.74) is 8.59. The van der Waals surface area contributed by atoms with Crippen LogP contribution in [0.15, 0.2) is 29.3 Å². The van der Waals surface area contributed by atoms with Crippen LogP contribution in [0.1, 0.15) is 38.7 Å². The van der Waals surface area contributed by atoms with Crippen LogP contribution in [0.25, 0.3) is 0 Å². The van der Waals surface area contributed by atoms with Crippen molar-refractivity contribution in [1.29, 1.82) is 0 Å². The number of halogens is 1. The van der Waals surface area contributed by atoms with Crippen LogP contribution in [0, 0.1) is 12.8 Å². The summed E-state index contributed by atoms with van der Waals surface area (Å²) < 4.78 is 0. The third-order valence-corrected chi connectivity index (χ3v) is 4.93. The molecule has 0 spiro atoms. The predicted octanol–water partition coefficient (Wildman–Crippen LogP) is 3.47. The van der Waals surface area contributed by atoms with Gasteiger partial charge in [0.2, 0.25) is 0 Å². The fourth-order valence-corrected chi connectivity index (χ4v) is 3.25. The molecule has 27 heavy (non-hydrogen) atoms. The van der Waals surface area contributed by atoms with E-state index in [1.54, 1.807) is 0 Å². The number of anilines is 1. The molecule has 0 amide bonds. The van der Waals surface area contributed by atoms with Crippen LogP contribution in [0.2, 0.25) is 0 Å². The number of hydrogen-bond acceptors (Lipinski definition) is 3. The second kappa shape index (κ2) is 13.2. The summed E-state index contributed by atoms with van der Waals surface area (Å²) >= 11 is 0. The minimum Gasteiger partial charge on any atom is -0.370 e. The van der Waals surface area contributed by atoms with Gasteiger partial charge < -0.3 is 16.0 Å². The highest BCUT2D eigenvalue weighted by atomic mass is 127. The van der Waals surface area contributed by atoms with Gasteiger partial charge >= 0.3 is 0 Å². The lowest BCUT2D eigenvalue weighted by molar-refractivity contribution is 0.253. The van der Waals surface area contributed by atoms with Crippen LogP contribution in [0.5, 0.6) is 0 Å². The molecule has 5 nitrogen and oxygen atoms in total. The van der Waals surface area contributed by atoms with Crippen molar-refractivity contribution in [2.75, 3.05) is 50.7 Å². The highest BCUT2D eigenvalue weighted by Crippen LogP contribution is 2.17. The zero-order valence-corrected chi connectivity index (χ0v) is 19.6. The van der Waals surface area contributed by atoms with Crippen molar-refractivity contribution in [3.8, 4) is 0 Å². The number of aryl methyl sites for hydroxylation is 1. The Balaban J connectivity index is 0.00000364. The van der Waals surface area contributed by atoms with Gasteiger partial charge in [-0.1, -0.05) is 26.0 Å². The van der Waals surface area contributed by atoms with Gasteiger partial charge in [-0.3, -0.25) is 9.89 Å². The maximum atomic E-state index is 5.89. The first-order valence-electron chi connectivity index (χ1n) is 10.1. The molecule has 1 aliphatic rings. The lowest BCUT2D eigenvalue weighted by atomic mass is 10.1. The Labute approximate surface area is 182 Å². The summed E-state index contributed by atoms with van der Waals surface area (Å²) in [5.74, 6) is 1.29. The summed E-state index contributed by atoms with van der Waals surface area (Å²) in [6, 6.07) is 8.82. The molecule has 0 bridgehead atoms. The smallest absolute Gasteiger partial charge is 0.188 e. The van der Waals surface area contributed by atoms with Crippen LogP contribution in [0.4, 0.5) is 5.69 Å². The molecule has 0 unspecified atom stereocenters. The third kappa shape index (κ3) is 9.65. The summed E-state index contributed by atoms with van der Waals surface area (Å²) in [7, 11) is 0. The van der Waals surface area contributed by atoms with Crippen molar-refractivity contribution < 1.29 is 0 Å². The molecule has 1 heterocycles. The largest absolute Gasteiger partial charge is 0.370 e. The molecular weight excluding hydrogens is 449 g/mol.